The van der Waals surface area contributed by atoms with Crippen molar-refractivity contribution in [3.05, 3.63) is 119 Å². The van der Waals surface area contributed by atoms with E-state index in [9.17, 15) is 13.6 Å². The molecule has 1 aromatic heterocycles. The molecular weight excluding hydrogens is 382 g/mol. The maximum absolute atomic E-state index is 14.0. The van der Waals surface area contributed by atoms with Crippen LogP contribution in [0.2, 0.25) is 0 Å². The highest BCUT2D eigenvalue weighted by Crippen LogP contribution is 2.37. The van der Waals surface area contributed by atoms with Crippen LogP contribution in [-0.4, -0.2) is 10.5 Å². The van der Waals surface area contributed by atoms with E-state index >= 15 is 0 Å². The molecule has 1 amide bonds. The number of allylic oxidation sites excluding steroid dienone is 2. The zero-order valence-electron chi connectivity index (χ0n) is 16.0. The molecule has 0 radical (unpaired) electrons. The molecule has 0 fully saturated rings. The van der Waals surface area contributed by atoms with Crippen LogP contribution in [0.25, 0.3) is 10.9 Å². The Balaban J connectivity index is 1.31. The monoisotopic (exact) mass is 400 g/mol. The molecule has 1 atom stereocenters. The summed E-state index contributed by atoms with van der Waals surface area (Å²) in [4.78, 5) is 12.6. The Kier molecular flexibility index (Phi) is 4.43. The van der Waals surface area contributed by atoms with Crippen LogP contribution in [-0.2, 0) is 6.54 Å². The van der Waals surface area contributed by atoms with Crippen LogP contribution in [0.15, 0.2) is 90.8 Å². The van der Waals surface area contributed by atoms with Crippen molar-refractivity contribution < 1.29 is 13.6 Å². The average molecular weight is 400 g/mol. The third kappa shape index (κ3) is 3.50. The number of rotatable bonds is 5. The SMILES string of the molecule is O=C(NC1=CC1c1ccccc1)c1ccc2c(ccn2Cc2ccc(F)cc2F)c1. The molecule has 148 valence electrons. The van der Waals surface area contributed by atoms with Gasteiger partial charge in [-0.15, -0.1) is 0 Å². The van der Waals surface area contributed by atoms with E-state index in [1.165, 1.54) is 12.1 Å². The van der Waals surface area contributed by atoms with Crippen molar-refractivity contribution in [2.75, 3.05) is 0 Å². The molecule has 0 aliphatic heterocycles. The first-order valence-electron chi connectivity index (χ1n) is 9.69. The lowest BCUT2D eigenvalue weighted by atomic mass is 10.1. The maximum atomic E-state index is 14.0. The van der Waals surface area contributed by atoms with E-state index < -0.39 is 11.6 Å². The molecule has 0 saturated carbocycles. The quantitative estimate of drug-likeness (QED) is 0.480. The standard InChI is InChI=1S/C25H18F2N2O/c26-20-8-6-19(22(27)13-20)15-29-11-10-17-12-18(7-9-24(17)29)25(30)28-23-14-21(23)16-4-2-1-3-5-16/h1-14,21H,15H2,(H,28,30). The van der Waals surface area contributed by atoms with Crippen molar-refractivity contribution in [3.8, 4) is 0 Å². The van der Waals surface area contributed by atoms with Crippen LogP contribution < -0.4 is 5.32 Å². The smallest absolute Gasteiger partial charge is 0.255 e. The van der Waals surface area contributed by atoms with Gasteiger partial charge in [-0.25, -0.2) is 8.78 Å². The summed E-state index contributed by atoms with van der Waals surface area (Å²) in [5, 5.41) is 3.86. The number of benzene rings is 3. The van der Waals surface area contributed by atoms with Gasteiger partial charge in [0.25, 0.3) is 5.91 Å². The Hall–Kier alpha value is -3.73. The summed E-state index contributed by atoms with van der Waals surface area (Å²) < 4.78 is 29.0. The fourth-order valence-corrected chi connectivity index (χ4v) is 3.70. The van der Waals surface area contributed by atoms with Crippen LogP contribution >= 0.6 is 0 Å². The predicted octanol–water partition coefficient (Wildman–Crippen LogP) is 5.38. The first kappa shape index (κ1) is 18.3. The molecule has 0 bridgehead atoms. The lowest BCUT2D eigenvalue weighted by Gasteiger charge is -2.08. The van der Waals surface area contributed by atoms with Crippen molar-refractivity contribution in [1.29, 1.82) is 0 Å². The Morgan fingerprint density at radius 3 is 2.60 bits per heavy atom. The summed E-state index contributed by atoms with van der Waals surface area (Å²) in [6, 6.07) is 20.9. The van der Waals surface area contributed by atoms with Crippen molar-refractivity contribution in [3.63, 3.8) is 0 Å². The fraction of sp³-hybridized carbons (Fsp3) is 0.0800. The highest BCUT2D eigenvalue weighted by molar-refractivity contribution is 5.99. The maximum Gasteiger partial charge on any atom is 0.255 e. The lowest BCUT2D eigenvalue weighted by molar-refractivity contribution is 0.0967. The number of carbonyl (C=O) groups is 1. The molecule has 1 aliphatic carbocycles. The summed E-state index contributed by atoms with van der Waals surface area (Å²) in [5.41, 5.74) is 3.92. The molecule has 1 unspecified atom stereocenters. The first-order chi connectivity index (χ1) is 14.6. The van der Waals surface area contributed by atoms with Crippen molar-refractivity contribution >= 4 is 16.8 Å². The van der Waals surface area contributed by atoms with Crippen LogP contribution in [0.3, 0.4) is 0 Å². The first-order valence-corrected chi connectivity index (χ1v) is 9.69. The number of halogens is 2. The van der Waals surface area contributed by atoms with Gasteiger partial charge in [-0.1, -0.05) is 42.5 Å². The molecule has 4 aromatic rings. The number of hydrogen-bond acceptors (Lipinski definition) is 1. The Bertz CT molecular complexity index is 1290. The van der Waals surface area contributed by atoms with Gasteiger partial charge in [0.05, 0.1) is 6.54 Å². The highest BCUT2D eigenvalue weighted by atomic mass is 19.1. The van der Waals surface area contributed by atoms with E-state index in [0.29, 0.717) is 11.1 Å². The number of hydrogen-bond donors (Lipinski definition) is 1. The number of aromatic nitrogens is 1. The van der Waals surface area contributed by atoms with Gasteiger partial charge in [-0.3, -0.25) is 4.79 Å². The second kappa shape index (κ2) is 7.26. The second-order valence-corrected chi connectivity index (χ2v) is 7.42. The molecule has 5 rings (SSSR count). The number of nitrogens with one attached hydrogen (secondary N) is 1. The van der Waals surface area contributed by atoms with Crippen LogP contribution in [0, 0.1) is 11.6 Å². The molecule has 1 heterocycles. The van der Waals surface area contributed by atoms with Gasteiger partial charge < -0.3 is 9.88 Å². The highest BCUT2D eigenvalue weighted by Gasteiger charge is 2.28. The van der Waals surface area contributed by atoms with Gasteiger partial charge in [-0.05, 0) is 35.9 Å². The molecule has 0 saturated heterocycles. The minimum atomic E-state index is -0.593. The molecule has 1 N–H and O–H groups in total. The molecule has 3 aromatic carbocycles. The Morgan fingerprint density at radius 1 is 0.967 bits per heavy atom. The molecule has 5 heteroatoms. The Labute approximate surface area is 172 Å². The average Bonchev–Trinajstić information content (AvgIpc) is 3.41. The number of fused-ring (bicyclic) bond motifs is 1. The summed E-state index contributed by atoms with van der Waals surface area (Å²) in [6.07, 6.45) is 3.86. The van der Waals surface area contributed by atoms with E-state index in [-0.39, 0.29) is 18.4 Å². The molecule has 1 aliphatic rings. The molecule has 0 spiro atoms. The van der Waals surface area contributed by atoms with Crippen LogP contribution in [0.5, 0.6) is 0 Å². The predicted molar refractivity (Wildman–Crippen MR) is 112 cm³/mol. The fourth-order valence-electron chi connectivity index (χ4n) is 3.70. The van der Waals surface area contributed by atoms with E-state index in [4.69, 9.17) is 0 Å². The molecule has 3 nitrogen and oxygen atoms in total. The van der Waals surface area contributed by atoms with Gasteiger partial charge in [-0.2, -0.15) is 0 Å². The van der Waals surface area contributed by atoms with Gasteiger partial charge in [0.1, 0.15) is 11.6 Å². The zero-order chi connectivity index (χ0) is 20.7. The van der Waals surface area contributed by atoms with Crippen LogP contribution in [0.1, 0.15) is 27.4 Å². The Morgan fingerprint density at radius 2 is 1.80 bits per heavy atom. The minimum absolute atomic E-state index is 0.154. The molecular formula is C25H18F2N2O. The normalized spacial score (nSPS) is 15.1. The lowest BCUT2D eigenvalue weighted by Crippen LogP contribution is -2.19. The minimum Gasteiger partial charge on any atom is -0.343 e. The summed E-state index contributed by atoms with van der Waals surface area (Å²) in [5.74, 6) is -1.15. The van der Waals surface area contributed by atoms with Gasteiger partial charge in [0.15, 0.2) is 0 Å². The number of amides is 1. The van der Waals surface area contributed by atoms with Crippen LogP contribution in [0.4, 0.5) is 8.78 Å². The van der Waals surface area contributed by atoms with Gasteiger partial charge in [0, 0.05) is 45.9 Å². The second-order valence-electron chi connectivity index (χ2n) is 7.42. The van der Waals surface area contributed by atoms with E-state index in [2.05, 4.69) is 5.32 Å². The summed E-state index contributed by atoms with van der Waals surface area (Å²) in [6.45, 7) is 0.285. The van der Waals surface area contributed by atoms with Crippen molar-refractivity contribution in [2.45, 2.75) is 12.5 Å². The summed E-state index contributed by atoms with van der Waals surface area (Å²) in [7, 11) is 0. The number of nitrogens with zero attached hydrogens (tertiary/aromatic N) is 1. The van der Waals surface area contributed by atoms with Crippen molar-refractivity contribution in [2.24, 2.45) is 0 Å². The third-order valence-electron chi connectivity index (χ3n) is 5.38. The van der Waals surface area contributed by atoms with Crippen molar-refractivity contribution in [1.82, 2.24) is 9.88 Å². The zero-order valence-corrected chi connectivity index (χ0v) is 16.0. The van der Waals surface area contributed by atoms with Gasteiger partial charge in [0.2, 0.25) is 0 Å². The summed E-state index contributed by atoms with van der Waals surface area (Å²) >= 11 is 0. The molecule has 30 heavy (non-hydrogen) atoms. The van der Waals surface area contributed by atoms with E-state index in [1.807, 2.05) is 65.4 Å². The third-order valence-corrected chi connectivity index (χ3v) is 5.38. The van der Waals surface area contributed by atoms with Gasteiger partial charge >= 0.3 is 0 Å². The largest absolute Gasteiger partial charge is 0.343 e. The number of carbonyl (C=O) groups excluding carboxylic acids is 1. The van der Waals surface area contributed by atoms with E-state index in [1.54, 1.807) is 6.07 Å². The topological polar surface area (TPSA) is 34.0 Å². The van der Waals surface area contributed by atoms with E-state index in [0.717, 1.165) is 28.2 Å².